The van der Waals surface area contributed by atoms with Crippen LogP contribution < -0.4 is 11.1 Å². The zero-order chi connectivity index (χ0) is 11.8. The van der Waals surface area contributed by atoms with Crippen molar-refractivity contribution in [3.63, 3.8) is 0 Å². The van der Waals surface area contributed by atoms with Crippen molar-refractivity contribution in [1.82, 2.24) is 5.32 Å². The van der Waals surface area contributed by atoms with Crippen molar-refractivity contribution in [3.8, 4) is 0 Å². The van der Waals surface area contributed by atoms with Gasteiger partial charge in [0.2, 0.25) is 5.91 Å². The van der Waals surface area contributed by atoms with Crippen LogP contribution in [0.5, 0.6) is 0 Å². The van der Waals surface area contributed by atoms with Gasteiger partial charge in [0.1, 0.15) is 0 Å². The zero-order valence-corrected chi connectivity index (χ0v) is 10.2. The van der Waals surface area contributed by atoms with E-state index < -0.39 is 0 Å². The van der Waals surface area contributed by atoms with E-state index in [1.807, 2.05) is 0 Å². The van der Waals surface area contributed by atoms with E-state index in [0.717, 1.165) is 32.3 Å². The second-order valence-corrected chi connectivity index (χ2v) is 5.73. The average Bonchev–Trinajstić information content (AvgIpc) is 2.89. The van der Waals surface area contributed by atoms with Gasteiger partial charge in [0.25, 0.3) is 0 Å². The molecule has 4 heteroatoms. The number of hydrogen-bond donors (Lipinski definition) is 2. The molecule has 0 bridgehead atoms. The third-order valence-electron chi connectivity index (χ3n) is 4.71. The molecule has 0 aromatic heterocycles. The molecule has 1 saturated heterocycles. The largest absolute Gasteiger partial charge is 0.376 e. The molecule has 4 unspecified atom stereocenters. The summed E-state index contributed by atoms with van der Waals surface area (Å²) in [5.74, 6) is 0.901. The highest BCUT2D eigenvalue weighted by atomic mass is 16.5. The number of amides is 1. The van der Waals surface area contributed by atoms with E-state index in [-0.39, 0.29) is 30.0 Å². The van der Waals surface area contributed by atoms with Gasteiger partial charge in [-0.05, 0) is 25.7 Å². The molecule has 4 nitrogen and oxygen atoms in total. The minimum atomic E-state index is 0.0633. The van der Waals surface area contributed by atoms with Crippen molar-refractivity contribution in [2.24, 2.45) is 17.6 Å². The van der Waals surface area contributed by atoms with Gasteiger partial charge in [-0.25, -0.2) is 0 Å². The molecule has 2 aliphatic carbocycles. The number of rotatable bonds is 2. The number of nitrogens with two attached hydrogens (primary N) is 1. The third kappa shape index (κ3) is 1.97. The monoisotopic (exact) mass is 238 g/mol. The number of carbonyl (C=O) groups excluding carboxylic acids is 1. The van der Waals surface area contributed by atoms with Gasteiger partial charge in [0, 0.05) is 24.5 Å². The van der Waals surface area contributed by atoms with Gasteiger partial charge in [-0.15, -0.1) is 0 Å². The Morgan fingerprint density at radius 2 is 1.94 bits per heavy atom. The van der Waals surface area contributed by atoms with Crippen molar-refractivity contribution < 1.29 is 9.53 Å². The molecule has 3 N–H and O–H groups in total. The fraction of sp³-hybridized carbons (Fsp3) is 0.923. The summed E-state index contributed by atoms with van der Waals surface area (Å²) in [6, 6.07) is 0.166. The average molecular weight is 238 g/mol. The van der Waals surface area contributed by atoms with E-state index in [0.29, 0.717) is 5.92 Å². The summed E-state index contributed by atoms with van der Waals surface area (Å²) in [6.07, 6.45) is 6.92. The molecule has 96 valence electrons. The van der Waals surface area contributed by atoms with E-state index >= 15 is 0 Å². The Morgan fingerprint density at radius 1 is 1.18 bits per heavy atom. The van der Waals surface area contributed by atoms with E-state index in [1.165, 1.54) is 12.8 Å². The molecule has 2 saturated carbocycles. The lowest BCUT2D eigenvalue weighted by Crippen LogP contribution is -2.72. The first-order chi connectivity index (χ1) is 8.27. The standard InChI is InChI=1S/C13H22N2O2/c14-10-9-6-3-7-17-12(9)11(10)15-13(16)8-4-1-2-5-8/h8-12H,1-7,14H2,(H,15,16). The Bertz CT molecular complexity index is 302. The summed E-state index contributed by atoms with van der Waals surface area (Å²) in [6.45, 7) is 0.823. The van der Waals surface area contributed by atoms with Crippen LogP contribution >= 0.6 is 0 Å². The van der Waals surface area contributed by atoms with Gasteiger partial charge < -0.3 is 15.8 Å². The number of nitrogens with one attached hydrogen (secondary N) is 1. The molecule has 0 aromatic carbocycles. The van der Waals surface area contributed by atoms with Gasteiger partial charge in [-0.2, -0.15) is 0 Å². The van der Waals surface area contributed by atoms with E-state index in [9.17, 15) is 4.79 Å². The molecule has 17 heavy (non-hydrogen) atoms. The maximum Gasteiger partial charge on any atom is 0.223 e. The summed E-state index contributed by atoms with van der Waals surface area (Å²) in [5.41, 5.74) is 6.13. The number of carbonyl (C=O) groups is 1. The van der Waals surface area contributed by atoms with E-state index in [4.69, 9.17) is 10.5 Å². The molecule has 3 aliphatic rings. The maximum atomic E-state index is 12.0. The van der Waals surface area contributed by atoms with Crippen LogP contribution in [0.1, 0.15) is 38.5 Å². The van der Waals surface area contributed by atoms with E-state index in [2.05, 4.69) is 5.32 Å². The van der Waals surface area contributed by atoms with Gasteiger partial charge >= 0.3 is 0 Å². The van der Waals surface area contributed by atoms with Crippen LogP contribution in [0.3, 0.4) is 0 Å². The smallest absolute Gasteiger partial charge is 0.223 e. The lowest BCUT2D eigenvalue weighted by molar-refractivity contribution is -0.142. The fourth-order valence-electron chi connectivity index (χ4n) is 3.60. The Hall–Kier alpha value is -0.610. The number of ether oxygens (including phenoxy) is 1. The van der Waals surface area contributed by atoms with Crippen molar-refractivity contribution in [3.05, 3.63) is 0 Å². The molecule has 1 amide bonds. The van der Waals surface area contributed by atoms with Crippen LogP contribution in [0, 0.1) is 11.8 Å². The molecular weight excluding hydrogens is 216 g/mol. The van der Waals surface area contributed by atoms with Crippen LogP contribution in [0.25, 0.3) is 0 Å². The molecule has 0 radical (unpaired) electrons. The first-order valence-corrected chi connectivity index (χ1v) is 6.95. The van der Waals surface area contributed by atoms with Crippen molar-refractivity contribution in [2.45, 2.75) is 56.7 Å². The Kier molecular flexibility index (Phi) is 3.09. The minimum absolute atomic E-state index is 0.0633. The summed E-state index contributed by atoms with van der Waals surface area (Å²) >= 11 is 0. The summed E-state index contributed by atoms with van der Waals surface area (Å²) < 4.78 is 5.73. The highest BCUT2D eigenvalue weighted by Gasteiger charge is 2.51. The highest BCUT2D eigenvalue weighted by molar-refractivity contribution is 5.79. The van der Waals surface area contributed by atoms with Crippen molar-refractivity contribution in [1.29, 1.82) is 0 Å². The molecule has 0 aromatic rings. The predicted molar refractivity (Wildman–Crippen MR) is 64.3 cm³/mol. The second kappa shape index (κ2) is 4.58. The summed E-state index contributed by atoms with van der Waals surface area (Å²) in [5, 5.41) is 3.12. The van der Waals surface area contributed by atoms with Crippen molar-refractivity contribution in [2.75, 3.05) is 6.61 Å². The van der Waals surface area contributed by atoms with Gasteiger partial charge in [0.15, 0.2) is 0 Å². The summed E-state index contributed by atoms with van der Waals surface area (Å²) in [7, 11) is 0. The van der Waals surface area contributed by atoms with Gasteiger partial charge in [-0.1, -0.05) is 12.8 Å². The molecule has 3 fully saturated rings. The normalized spacial score (nSPS) is 41.7. The quantitative estimate of drug-likeness (QED) is 0.748. The zero-order valence-electron chi connectivity index (χ0n) is 10.2. The topological polar surface area (TPSA) is 64.3 Å². The van der Waals surface area contributed by atoms with Crippen LogP contribution in [0.2, 0.25) is 0 Å². The third-order valence-corrected chi connectivity index (χ3v) is 4.71. The predicted octanol–water partition coefficient (Wildman–Crippen LogP) is 0.797. The Balaban J connectivity index is 1.56. The molecule has 4 atom stereocenters. The minimum Gasteiger partial charge on any atom is -0.376 e. The van der Waals surface area contributed by atoms with E-state index in [1.54, 1.807) is 0 Å². The molecule has 1 heterocycles. The first kappa shape index (κ1) is 11.5. The number of hydrogen-bond acceptors (Lipinski definition) is 3. The van der Waals surface area contributed by atoms with Crippen LogP contribution in [-0.2, 0) is 9.53 Å². The molecule has 1 aliphatic heterocycles. The van der Waals surface area contributed by atoms with Crippen molar-refractivity contribution >= 4 is 5.91 Å². The second-order valence-electron chi connectivity index (χ2n) is 5.73. The van der Waals surface area contributed by atoms with Crippen LogP contribution in [0.4, 0.5) is 0 Å². The maximum absolute atomic E-state index is 12.0. The Morgan fingerprint density at radius 3 is 2.71 bits per heavy atom. The van der Waals surface area contributed by atoms with Crippen LogP contribution in [-0.4, -0.2) is 30.7 Å². The lowest BCUT2D eigenvalue weighted by Gasteiger charge is -2.52. The van der Waals surface area contributed by atoms with Crippen LogP contribution in [0.15, 0.2) is 0 Å². The summed E-state index contributed by atoms with van der Waals surface area (Å²) in [4.78, 5) is 12.0. The van der Waals surface area contributed by atoms with Gasteiger partial charge in [0.05, 0.1) is 12.1 Å². The molecule has 3 rings (SSSR count). The highest BCUT2D eigenvalue weighted by Crippen LogP contribution is 2.37. The van der Waals surface area contributed by atoms with Gasteiger partial charge in [-0.3, -0.25) is 4.79 Å². The first-order valence-electron chi connectivity index (χ1n) is 6.95. The number of fused-ring (bicyclic) bond motifs is 1. The Labute approximate surface area is 102 Å². The molecular formula is C13H22N2O2. The fourth-order valence-corrected chi connectivity index (χ4v) is 3.60. The molecule has 0 spiro atoms. The SMILES string of the molecule is NC1C2CCCOC2C1NC(=O)C1CCCC1. The lowest BCUT2D eigenvalue weighted by atomic mass is 9.68.